The Bertz CT molecular complexity index is 645. The Balaban J connectivity index is 2.07. The van der Waals surface area contributed by atoms with Crippen LogP contribution >= 0.6 is 0 Å². The smallest absolute Gasteiger partial charge is 0.119 e. The van der Waals surface area contributed by atoms with Crippen molar-refractivity contribution in [3.63, 3.8) is 0 Å². The molecule has 3 rings (SSSR count). The maximum Gasteiger partial charge on any atom is 0.119 e. The lowest BCUT2D eigenvalue weighted by molar-refractivity contribution is 0.412. The Kier molecular flexibility index (Phi) is 4.10. The lowest BCUT2D eigenvalue weighted by Crippen LogP contribution is -2.09. The molecule has 0 bridgehead atoms. The van der Waals surface area contributed by atoms with Crippen LogP contribution in [0, 0.1) is 5.92 Å². The fourth-order valence-electron chi connectivity index (χ4n) is 3.97. The zero-order chi connectivity index (χ0) is 15.7. The van der Waals surface area contributed by atoms with E-state index in [1.807, 2.05) is 0 Å². The molecule has 0 N–H and O–H groups in total. The van der Waals surface area contributed by atoms with E-state index >= 15 is 0 Å². The third-order valence-corrected chi connectivity index (χ3v) is 5.10. The summed E-state index contributed by atoms with van der Waals surface area (Å²) in [5, 5.41) is 0. The molecule has 0 fully saturated rings. The summed E-state index contributed by atoms with van der Waals surface area (Å²) < 4.78 is 10.7. The van der Waals surface area contributed by atoms with Crippen molar-refractivity contribution in [3.05, 3.63) is 59.2 Å². The van der Waals surface area contributed by atoms with Gasteiger partial charge in [-0.25, -0.2) is 0 Å². The molecule has 0 heterocycles. The van der Waals surface area contributed by atoms with Crippen molar-refractivity contribution in [1.82, 2.24) is 0 Å². The molecule has 0 spiro atoms. The first-order chi connectivity index (χ1) is 10.7. The average Bonchev–Trinajstić information content (AvgIpc) is 2.85. The van der Waals surface area contributed by atoms with Crippen LogP contribution < -0.4 is 9.47 Å². The third-order valence-electron chi connectivity index (χ3n) is 5.10. The van der Waals surface area contributed by atoms with Crippen molar-refractivity contribution in [2.75, 3.05) is 14.2 Å². The number of fused-ring (bicyclic) bond motifs is 1. The summed E-state index contributed by atoms with van der Waals surface area (Å²) in [5.41, 5.74) is 4.26. The van der Waals surface area contributed by atoms with Gasteiger partial charge >= 0.3 is 0 Å². The highest BCUT2D eigenvalue weighted by Gasteiger charge is 2.37. The van der Waals surface area contributed by atoms with Gasteiger partial charge in [-0.3, -0.25) is 0 Å². The summed E-state index contributed by atoms with van der Waals surface area (Å²) in [6.45, 7) is 4.65. The molecular formula is C20H24O2. The predicted octanol–water partition coefficient (Wildman–Crippen LogP) is 4.98. The quantitative estimate of drug-likeness (QED) is 0.792. The lowest BCUT2D eigenvalue weighted by atomic mass is 9.83. The summed E-state index contributed by atoms with van der Waals surface area (Å²) in [6, 6.07) is 15.1. The van der Waals surface area contributed by atoms with Gasteiger partial charge in [-0.1, -0.05) is 32.0 Å². The van der Waals surface area contributed by atoms with Gasteiger partial charge in [0.25, 0.3) is 0 Å². The molecule has 2 aromatic rings. The summed E-state index contributed by atoms with van der Waals surface area (Å²) >= 11 is 0. The highest BCUT2D eigenvalue weighted by molar-refractivity contribution is 5.50. The van der Waals surface area contributed by atoms with E-state index < -0.39 is 0 Å². The molecule has 0 aromatic heterocycles. The van der Waals surface area contributed by atoms with Crippen LogP contribution in [0.1, 0.15) is 48.8 Å². The first-order valence-electron chi connectivity index (χ1n) is 8.01. The Hall–Kier alpha value is -1.96. The molecule has 116 valence electrons. The molecule has 2 heteroatoms. The second-order valence-electron chi connectivity index (χ2n) is 6.12. The molecule has 0 aliphatic heterocycles. The van der Waals surface area contributed by atoms with E-state index in [2.05, 4.69) is 56.3 Å². The SMILES string of the molecule is CC[C@H]1c2ccc(OC)cc2[C@H](c2ccc(OC)cc2)[C@@H]1C. The van der Waals surface area contributed by atoms with Crippen LogP contribution in [0.15, 0.2) is 42.5 Å². The molecule has 0 amide bonds. The third kappa shape index (κ3) is 2.37. The van der Waals surface area contributed by atoms with Crippen molar-refractivity contribution in [1.29, 1.82) is 0 Å². The number of rotatable bonds is 4. The Morgan fingerprint density at radius 1 is 0.864 bits per heavy atom. The number of hydrogen-bond donors (Lipinski definition) is 0. The second kappa shape index (κ2) is 6.04. The van der Waals surface area contributed by atoms with Crippen LogP contribution in [0.3, 0.4) is 0 Å². The highest BCUT2D eigenvalue weighted by Crippen LogP contribution is 2.51. The summed E-state index contributed by atoms with van der Waals surface area (Å²) in [6.07, 6.45) is 1.17. The topological polar surface area (TPSA) is 18.5 Å². The van der Waals surface area contributed by atoms with Gasteiger partial charge in [-0.2, -0.15) is 0 Å². The van der Waals surface area contributed by atoms with Gasteiger partial charge in [0.15, 0.2) is 0 Å². The minimum Gasteiger partial charge on any atom is -0.497 e. The summed E-state index contributed by atoms with van der Waals surface area (Å²) in [4.78, 5) is 0. The molecule has 1 aliphatic carbocycles. The molecule has 0 unspecified atom stereocenters. The molecule has 0 radical (unpaired) electrons. The monoisotopic (exact) mass is 296 g/mol. The number of methoxy groups -OCH3 is 2. The van der Waals surface area contributed by atoms with E-state index in [0.717, 1.165) is 11.5 Å². The van der Waals surface area contributed by atoms with E-state index in [4.69, 9.17) is 9.47 Å². The van der Waals surface area contributed by atoms with Gasteiger partial charge in [-0.15, -0.1) is 0 Å². The van der Waals surface area contributed by atoms with Crippen molar-refractivity contribution in [2.45, 2.75) is 32.1 Å². The molecule has 1 aliphatic rings. The fraction of sp³-hybridized carbons (Fsp3) is 0.400. The van der Waals surface area contributed by atoms with Gasteiger partial charge in [0.2, 0.25) is 0 Å². The van der Waals surface area contributed by atoms with Gasteiger partial charge in [0.05, 0.1) is 14.2 Å². The van der Waals surface area contributed by atoms with E-state index in [9.17, 15) is 0 Å². The first kappa shape index (κ1) is 15.0. The van der Waals surface area contributed by atoms with Crippen molar-refractivity contribution in [3.8, 4) is 11.5 Å². The molecule has 2 aromatic carbocycles. The maximum absolute atomic E-state index is 5.44. The van der Waals surface area contributed by atoms with Crippen LogP contribution in [0.4, 0.5) is 0 Å². The zero-order valence-electron chi connectivity index (χ0n) is 13.8. The first-order valence-corrected chi connectivity index (χ1v) is 8.01. The average molecular weight is 296 g/mol. The van der Waals surface area contributed by atoms with Crippen LogP contribution in [0.2, 0.25) is 0 Å². The predicted molar refractivity (Wildman–Crippen MR) is 90.0 cm³/mol. The molecule has 0 saturated carbocycles. The van der Waals surface area contributed by atoms with E-state index in [1.165, 1.54) is 23.1 Å². The van der Waals surface area contributed by atoms with Gasteiger partial charge < -0.3 is 9.47 Å². The number of ether oxygens (including phenoxy) is 2. The van der Waals surface area contributed by atoms with Crippen LogP contribution in [0.5, 0.6) is 11.5 Å². The lowest BCUT2D eigenvalue weighted by Gasteiger charge is -2.21. The Labute approximate surface area is 133 Å². The number of hydrogen-bond acceptors (Lipinski definition) is 2. The summed E-state index contributed by atoms with van der Waals surface area (Å²) in [5.74, 6) is 3.50. The zero-order valence-corrected chi connectivity index (χ0v) is 13.8. The molecule has 2 nitrogen and oxygen atoms in total. The fourth-order valence-corrected chi connectivity index (χ4v) is 3.97. The minimum atomic E-state index is 0.431. The molecule has 3 atom stereocenters. The van der Waals surface area contributed by atoms with E-state index in [0.29, 0.717) is 17.8 Å². The van der Waals surface area contributed by atoms with Crippen molar-refractivity contribution in [2.24, 2.45) is 5.92 Å². The number of benzene rings is 2. The van der Waals surface area contributed by atoms with Crippen LogP contribution in [-0.2, 0) is 0 Å². The molecular weight excluding hydrogens is 272 g/mol. The van der Waals surface area contributed by atoms with Crippen molar-refractivity contribution < 1.29 is 9.47 Å². The normalized spacial score (nSPS) is 23.2. The maximum atomic E-state index is 5.44. The van der Waals surface area contributed by atoms with Crippen molar-refractivity contribution >= 4 is 0 Å². The van der Waals surface area contributed by atoms with Crippen LogP contribution in [0.25, 0.3) is 0 Å². The molecule has 0 saturated heterocycles. The Morgan fingerprint density at radius 3 is 2.09 bits per heavy atom. The standard InChI is InChI=1S/C20H24O2/c1-5-17-13(2)20(14-6-8-15(21-3)9-7-14)19-12-16(22-4)10-11-18(17)19/h6-13,17,20H,5H2,1-4H3/t13-,17-,20+/m1/s1. The molecule has 22 heavy (non-hydrogen) atoms. The van der Waals surface area contributed by atoms with E-state index in [-0.39, 0.29) is 0 Å². The summed E-state index contributed by atoms with van der Waals surface area (Å²) in [7, 11) is 3.44. The Morgan fingerprint density at radius 2 is 1.50 bits per heavy atom. The minimum absolute atomic E-state index is 0.431. The van der Waals surface area contributed by atoms with Gasteiger partial charge in [-0.05, 0) is 59.2 Å². The van der Waals surface area contributed by atoms with Crippen LogP contribution in [-0.4, -0.2) is 14.2 Å². The van der Waals surface area contributed by atoms with E-state index in [1.54, 1.807) is 14.2 Å². The van der Waals surface area contributed by atoms with Gasteiger partial charge in [0.1, 0.15) is 11.5 Å². The highest BCUT2D eigenvalue weighted by atomic mass is 16.5. The largest absolute Gasteiger partial charge is 0.497 e. The second-order valence-corrected chi connectivity index (χ2v) is 6.12. The van der Waals surface area contributed by atoms with Gasteiger partial charge in [0, 0.05) is 5.92 Å².